The SMILES string of the molecule is CC(C)(C)NC(=O)C(Cc1ccccc1)N(Cc1ccc(Cl)cc1)C(=O)CN(c1cccc(C(F)(F)F)c1)S(C)(=O)=O. The second kappa shape index (κ2) is 13.2. The molecule has 0 spiro atoms. The van der Waals surface area contributed by atoms with Gasteiger partial charge in [-0.05, 0) is 62.2 Å². The topological polar surface area (TPSA) is 86.8 Å². The summed E-state index contributed by atoms with van der Waals surface area (Å²) in [5.41, 5.74) is -0.688. The van der Waals surface area contributed by atoms with Crippen LogP contribution in [0.1, 0.15) is 37.5 Å². The Morgan fingerprint density at radius 2 is 1.52 bits per heavy atom. The molecule has 0 aromatic heterocycles. The summed E-state index contributed by atoms with van der Waals surface area (Å²) < 4.78 is 66.5. The van der Waals surface area contributed by atoms with E-state index in [1.165, 1.54) is 11.0 Å². The first-order valence-corrected chi connectivity index (χ1v) is 15.2. The zero-order valence-electron chi connectivity index (χ0n) is 23.7. The van der Waals surface area contributed by atoms with Crippen molar-refractivity contribution in [3.63, 3.8) is 0 Å². The predicted octanol–water partition coefficient (Wildman–Crippen LogP) is 5.68. The number of amides is 2. The molecule has 0 aliphatic rings. The predicted molar refractivity (Wildman–Crippen MR) is 157 cm³/mol. The van der Waals surface area contributed by atoms with Crippen LogP contribution in [0.3, 0.4) is 0 Å². The van der Waals surface area contributed by atoms with E-state index in [1.807, 2.05) is 6.07 Å². The smallest absolute Gasteiger partial charge is 0.350 e. The van der Waals surface area contributed by atoms with Gasteiger partial charge in [0.05, 0.1) is 17.5 Å². The van der Waals surface area contributed by atoms with Gasteiger partial charge >= 0.3 is 6.18 Å². The van der Waals surface area contributed by atoms with E-state index in [0.29, 0.717) is 21.0 Å². The molecule has 3 rings (SSSR count). The van der Waals surface area contributed by atoms with Gasteiger partial charge in [-0.15, -0.1) is 0 Å². The third-order valence-electron chi connectivity index (χ3n) is 6.18. The fourth-order valence-electron chi connectivity index (χ4n) is 4.24. The van der Waals surface area contributed by atoms with Crippen LogP contribution in [-0.2, 0) is 38.8 Å². The van der Waals surface area contributed by atoms with E-state index in [-0.39, 0.29) is 18.7 Å². The molecule has 0 radical (unpaired) electrons. The van der Waals surface area contributed by atoms with E-state index in [9.17, 15) is 31.2 Å². The third kappa shape index (κ3) is 9.49. The van der Waals surface area contributed by atoms with Crippen molar-refractivity contribution in [2.24, 2.45) is 0 Å². The largest absolute Gasteiger partial charge is 0.416 e. The molecule has 0 bridgehead atoms. The summed E-state index contributed by atoms with van der Waals surface area (Å²) in [5.74, 6) is -1.25. The van der Waals surface area contributed by atoms with E-state index in [2.05, 4.69) is 5.32 Å². The normalized spacial score (nSPS) is 12.9. The van der Waals surface area contributed by atoms with Crippen molar-refractivity contribution in [2.45, 2.75) is 51.5 Å². The van der Waals surface area contributed by atoms with Crippen LogP contribution in [0, 0.1) is 0 Å². The highest BCUT2D eigenvalue weighted by molar-refractivity contribution is 7.92. The summed E-state index contributed by atoms with van der Waals surface area (Å²) in [6.45, 7) is 4.44. The van der Waals surface area contributed by atoms with Crippen LogP contribution in [0.2, 0.25) is 5.02 Å². The summed E-state index contributed by atoms with van der Waals surface area (Å²) in [7, 11) is -4.22. The van der Waals surface area contributed by atoms with E-state index in [0.717, 1.165) is 24.0 Å². The fourth-order valence-corrected chi connectivity index (χ4v) is 5.21. The second-order valence-corrected chi connectivity index (χ2v) is 13.3. The van der Waals surface area contributed by atoms with Crippen molar-refractivity contribution < 1.29 is 31.2 Å². The van der Waals surface area contributed by atoms with Gasteiger partial charge in [-0.2, -0.15) is 13.2 Å². The van der Waals surface area contributed by atoms with Crippen molar-refractivity contribution in [3.8, 4) is 0 Å². The van der Waals surface area contributed by atoms with Gasteiger partial charge in [0.25, 0.3) is 0 Å². The number of hydrogen-bond donors (Lipinski definition) is 1. The molecule has 2 amide bonds. The first-order valence-electron chi connectivity index (χ1n) is 13.0. The minimum atomic E-state index is -4.73. The molecule has 0 saturated heterocycles. The van der Waals surface area contributed by atoms with E-state index < -0.39 is 51.7 Å². The highest BCUT2D eigenvalue weighted by Gasteiger charge is 2.35. The van der Waals surface area contributed by atoms with Crippen LogP contribution in [-0.4, -0.2) is 49.5 Å². The number of benzene rings is 3. The molecule has 12 heteroatoms. The molecule has 1 unspecified atom stereocenters. The highest BCUT2D eigenvalue weighted by atomic mass is 35.5. The van der Waals surface area contributed by atoms with E-state index in [1.54, 1.807) is 69.3 Å². The number of nitrogens with one attached hydrogen (secondary N) is 1. The van der Waals surface area contributed by atoms with Crippen LogP contribution in [0.5, 0.6) is 0 Å². The number of hydrogen-bond acceptors (Lipinski definition) is 4. The average molecular weight is 624 g/mol. The third-order valence-corrected chi connectivity index (χ3v) is 7.57. The van der Waals surface area contributed by atoms with E-state index >= 15 is 0 Å². The monoisotopic (exact) mass is 623 g/mol. The van der Waals surface area contributed by atoms with Crippen molar-refractivity contribution in [3.05, 3.63) is 101 Å². The highest BCUT2D eigenvalue weighted by Crippen LogP contribution is 2.32. The van der Waals surface area contributed by atoms with Gasteiger partial charge in [0.2, 0.25) is 21.8 Å². The Morgan fingerprint density at radius 3 is 2.07 bits per heavy atom. The lowest BCUT2D eigenvalue weighted by Crippen LogP contribution is -2.56. The molecule has 0 heterocycles. The Morgan fingerprint density at radius 1 is 0.905 bits per heavy atom. The Balaban J connectivity index is 2.09. The van der Waals surface area contributed by atoms with Crippen molar-refractivity contribution in [2.75, 3.05) is 17.1 Å². The summed E-state index contributed by atoms with van der Waals surface area (Å²) >= 11 is 6.04. The summed E-state index contributed by atoms with van der Waals surface area (Å²) in [5, 5.41) is 3.35. The Kier molecular flexibility index (Phi) is 10.3. The molecule has 226 valence electrons. The van der Waals surface area contributed by atoms with Gasteiger partial charge in [-0.1, -0.05) is 60.1 Å². The molecule has 0 fully saturated rings. The standard InChI is InChI=1S/C30H33ClF3N3O4S/c1-29(2,3)35-28(39)26(17-21-9-6-5-7-10-21)36(19-22-13-15-24(31)16-14-22)27(38)20-37(42(4,40)41)25-12-8-11-23(18-25)30(32,33)34/h5-16,18,26H,17,19-20H2,1-4H3,(H,35,39). The van der Waals surface area contributed by atoms with Gasteiger partial charge in [-0.3, -0.25) is 13.9 Å². The van der Waals surface area contributed by atoms with Crippen LogP contribution < -0.4 is 9.62 Å². The summed E-state index contributed by atoms with van der Waals surface area (Å²) in [4.78, 5) is 29.0. The molecule has 0 aliphatic carbocycles. The summed E-state index contributed by atoms with van der Waals surface area (Å²) in [6, 6.07) is 18.2. The first-order chi connectivity index (χ1) is 19.4. The maximum Gasteiger partial charge on any atom is 0.416 e. The maximum atomic E-state index is 14.0. The van der Waals surface area contributed by atoms with Crippen molar-refractivity contribution in [1.82, 2.24) is 10.2 Å². The minimum Gasteiger partial charge on any atom is -0.350 e. The van der Waals surface area contributed by atoms with Crippen LogP contribution in [0.4, 0.5) is 18.9 Å². The van der Waals surface area contributed by atoms with Gasteiger partial charge in [-0.25, -0.2) is 8.42 Å². The van der Waals surface area contributed by atoms with E-state index in [4.69, 9.17) is 11.6 Å². The van der Waals surface area contributed by atoms with Crippen LogP contribution in [0.15, 0.2) is 78.9 Å². The minimum absolute atomic E-state index is 0.0920. The Hall–Kier alpha value is -3.57. The number of alkyl halides is 3. The lowest BCUT2D eigenvalue weighted by Gasteiger charge is -2.35. The zero-order valence-corrected chi connectivity index (χ0v) is 25.2. The van der Waals surface area contributed by atoms with Crippen LogP contribution >= 0.6 is 11.6 Å². The Labute approximate surface area is 249 Å². The van der Waals surface area contributed by atoms with Gasteiger partial charge in [0.1, 0.15) is 12.6 Å². The lowest BCUT2D eigenvalue weighted by molar-refractivity contribution is -0.140. The molecule has 3 aromatic rings. The number of carbonyl (C=O) groups excluding carboxylic acids is 2. The molecule has 3 aromatic carbocycles. The molecule has 1 atom stereocenters. The number of carbonyl (C=O) groups is 2. The van der Waals surface area contributed by atoms with Crippen molar-refractivity contribution in [1.29, 1.82) is 0 Å². The lowest BCUT2D eigenvalue weighted by atomic mass is 10.0. The molecule has 1 N–H and O–H groups in total. The molecule has 7 nitrogen and oxygen atoms in total. The Bertz CT molecular complexity index is 1490. The van der Waals surface area contributed by atoms with Crippen LogP contribution in [0.25, 0.3) is 0 Å². The number of rotatable bonds is 10. The molecular formula is C30H33ClF3N3O4S. The number of halogens is 4. The number of anilines is 1. The second-order valence-electron chi connectivity index (χ2n) is 10.9. The molecule has 0 saturated carbocycles. The maximum absolute atomic E-state index is 14.0. The molecule has 0 aliphatic heterocycles. The molecule has 42 heavy (non-hydrogen) atoms. The molecular weight excluding hydrogens is 591 g/mol. The number of sulfonamides is 1. The summed E-state index contributed by atoms with van der Waals surface area (Å²) in [6.07, 6.45) is -3.82. The van der Waals surface area contributed by atoms with Gasteiger partial charge in [0, 0.05) is 23.5 Å². The number of nitrogens with zero attached hydrogens (tertiary/aromatic N) is 2. The van der Waals surface area contributed by atoms with Gasteiger partial charge < -0.3 is 10.2 Å². The quantitative estimate of drug-likeness (QED) is 0.315. The first kappa shape index (κ1) is 32.9. The van der Waals surface area contributed by atoms with Gasteiger partial charge in [0.15, 0.2) is 0 Å². The van der Waals surface area contributed by atoms with Crippen molar-refractivity contribution >= 4 is 39.1 Å². The fraction of sp³-hybridized carbons (Fsp3) is 0.333. The zero-order chi connectivity index (χ0) is 31.3. The average Bonchev–Trinajstić information content (AvgIpc) is 2.88.